The topological polar surface area (TPSA) is 103 Å². The lowest BCUT2D eigenvalue weighted by atomic mass is 9.79. The van der Waals surface area contributed by atoms with Crippen LogP contribution in [0.4, 0.5) is 0 Å². The molecule has 1 aromatic heterocycles. The van der Waals surface area contributed by atoms with Crippen molar-refractivity contribution in [2.75, 3.05) is 6.61 Å². The lowest BCUT2D eigenvalue weighted by Gasteiger charge is -2.41. The van der Waals surface area contributed by atoms with E-state index in [-0.39, 0.29) is 6.61 Å². The van der Waals surface area contributed by atoms with Crippen LogP contribution in [0.1, 0.15) is 52.1 Å². The summed E-state index contributed by atoms with van der Waals surface area (Å²) in [5.74, 6) is 0. The standard InChI is InChI=1S/C49H44N2O6/c1-2-35-33-51(47(54)50-45(35)53)46-43(52)44(57-49(39-27-15-6-16-28-39,40-29-17-7-18-30-40)41-31-19-8-20-32-41)42(56-46)34-55-48(36-21-9-3-10-22-36,37-23-11-4-12-24-37)38-25-13-5-14-26-38/h3-33,42-44,46,52H,2,34H2,1H3,(H,50,53,54)/t42-,43-,44-,46-/m1/s1. The second-order valence-electron chi connectivity index (χ2n) is 14.2. The van der Waals surface area contributed by atoms with Crippen molar-refractivity contribution < 1.29 is 19.3 Å². The molecule has 7 aromatic rings. The first-order valence-corrected chi connectivity index (χ1v) is 19.3. The Morgan fingerprint density at radius 2 is 0.965 bits per heavy atom. The van der Waals surface area contributed by atoms with Crippen molar-refractivity contribution in [2.45, 2.75) is 49.1 Å². The molecule has 0 spiro atoms. The average molecular weight is 757 g/mol. The van der Waals surface area contributed by atoms with E-state index in [9.17, 15) is 14.7 Å². The summed E-state index contributed by atoms with van der Waals surface area (Å²) in [7, 11) is 0. The fraction of sp³-hybridized carbons (Fsp3) is 0.184. The van der Waals surface area contributed by atoms with E-state index in [1.54, 1.807) is 0 Å². The quantitative estimate of drug-likeness (QED) is 0.117. The lowest BCUT2D eigenvalue weighted by Crippen LogP contribution is -2.47. The van der Waals surface area contributed by atoms with Gasteiger partial charge in [0.1, 0.15) is 29.5 Å². The van der Waals surface area contributed by atoms with Crippen molar-refractivity contribution >= 4 is 0 Å². The van der Waals surface area contributed by atoms with Crippen LogP contribution < -0.4 is 11.2 Å². The number of aryl methyl sites for hydroxylation is 1. The van der Waals surface area contributed by atoms with Crippen molar-refractivity contribution in [1.82, 2.24) is 9.55 Å². The molecule has 0 amide bonds. The minimum atomic E-state index is -1.39. The number of aromatic nitrogens is 2. The maximum Gasteiger partial charge on any atom is 0.330 e. The fourth-order valence-corrected chi connectivity index (χ4v) is 8.10. The number of nitrogens with one attached hydrogen (secondary N) is 1. The number of aromatic amines is 1. The van der Waals surface area contributed by atoms with Gasteiger partial charge in [-0.25, -0.2) is 4.79 Å². The Kier molecular flexibility index (Phi) is 10.9. The number of ether oxygens (including phenoxy) is 3. The zero-order valence-electron chi connectivity index (χ0n) is 31.6. The second kappa shape index (κ2) is 16.5. The molecule has 1 saturated heterocycles. The number of hydrogen-bond acceptors (Lipinski definition) is 6. The number of aliphatic hydroxyl groups excluding tert-OH is 1. The highest BCUT2D eigenvalue weighted by Gasteiger charge is 2.52. The molecular formula is C49H44N2O6. The molecule has 6 aromatic carbocycles. The van der Waals surface area contributed by atoms with Gasteiger partial charge in [-0.3, -0.25) is 14.3 Å². The van der Waals surface area contributed by atoms with Crippen LogP contribution in [0.5, 0.6) is 0 Å². The van der Waals surface area contributed by atoms with Crippen LogP contribution in [-0.4, -0.2) is 39.6 Å². The highest BCUT2D eigenvalue weighted by molar-refractivity contribution is 5.49. The monoisotopic (exact) mass is 756 g/mol. The van der Waals surface area contributed by atoms with Crippen molar-refractivity contribution in [1.29, 1.82) is 0 Å². The molecule has 8 nitrogen and oxygen atoms in total. The van der Waals surface area contributed by atoms with Crippen LogP contribution in [-0.2, 0) is 31.8 Å². The Morgan fingerprint density at radius 1 is 0.596 bits per heavy atom. The molecule has 4 atom stereocenters. The summed E-state index contributed by atoms with van der Waals surface area (Å²) in [6, 6.07) is 59.8. The summed E-state index contributed by atoms with van der Waals surface area (Å²) >= 11 is 0. The Labute approximate surface area is 331 Å². The highest BCUT2D eigenvalue weighted by atomic mass is 16.6. The normalized spacial score (nSPS) is 18.4. The maximum absolute atomic E-state index is 13.5. The fourth-order valence-electron chi connectivity index (χ4n) is 8.10. The number of benzene rings is 6. The molecule has 57 heavy (non-hydrogen) atoms. The molecule has 1 fully saturated rings. The van der Waals surface area contributed by atoms with Crippen molar-refractivity contribution in [3.63, 3.8) is 0 Å². The summed E-state index contributed by atoms with van der Waals surface area (Å²) in [4.78, 5) is 28.6. The molecule has 1 aliphatic rings. The summed E-state index contributed by atoms with van der Waals surface area (Å²) < 4.78 is 22.8. The minimum absolute atomic E-state index is 0.0654. The van der Waals surface area contributed by atoms with Crippen molar-refractivity contribution in [3.8, 4) is 0 Å². The van der Waals surface area contributed by atoms with E-state index < -0.39 is 47.0 Å². The Morgan fingerprint density at radius 3 is 1.33 bits per heavy atom. The van der Waals surface area contributed by atoms with E-state index in [1.165, 1.54) is 10.8 Å². The number of nitrogens with zero attached hydrogens (tertiary/aromatic N) is 1. The van der Waals surface area contributed by atoms with Crippen molar-refractivity contribution in [2.24, 2.45) is 0 Å². The van der Waals surface area contributed by atoms with E-state index in [0.29, 0.717) is 12.0 Å². The van der Waals surface area contributed by atoms with Gasteiger partial charge in [-0.2, -0.15) is 0 Å². The smallest absolute Gasteiger partial charge is 0.330 e. The van der Waals surface area contributed by atoms with Gasteiger partial charge in [0.15, 0.2) is 6.23 Å². The second-order valence-corrected chi connectivity index (χ2v) is 14.2. The summed E-state index contributed by atoms with van der Waals surface area (Å²) in [6.45, 7) is 1.77. The van der Waals surface area contributed by atoms with Crippen LogP contribution in [0.3, 0.4) is 0 Å². The third-order valence-electron chi connectivity index (χ3n) is 10.9. The van der Waals surface area contributed by atoms with Gasteiger partial charge in [-0.1, -0.05) is 189 Å². The van der Waals surface area contributed by atoms with Gasteiger partial charge in [0, 0.05) is 11.8 Å². The molecule has 2 heterocycles. The van der Waals surface area contributed by atoms with Crippen LogP contribution in [0.15, 0.2) is 198 Å². The van der Waals surface area contributed by atoms with Crippen LogP contribution in [0, 0.1) is 0 Å². The zero-order valence-corrected chi connectivity index (χ0v) is 31.6. The highest BCUT2D eigenvalue weighted by Crippen LogP contribution is 2.46. The molecule has 0 unspecified atom stereocenters. The zero-order chi connectivity index (χ0) is 39.2. The molecule has 0 radical (unpaired) electrons. The van der Waals surface area contributed by atoms with Gasteiger partial charge in [0.2, 0.25) is 0 Å². The van der Waals surface area contributed by atoms with E-state index in [0.717, 1.165) is 33.4 Å². The third-order valence-corrected chi connectivity index (χ3v) is 10.9. The first-order valence-electron chi connectivity index (χ1n) is 19.3. The van der Waals surface area contributed by atoms with Crippen LogP contribution >= 0.6 is 0 Å². The van der Waals surface area contributed by atoms with Gasteiger partial charge >= 0.3 is 5.69 Å². The van der Waals surface area contributed by atoms with Gasteiger partial charge in [0.05, 0.1) is 6.61 Å². The lowest BCUT2D eigenvalue weighted by molar-refractivity contribution is -0.131. The van der Waals surface area contributed by atoms with E-state index >= 15 is 0 Å². The van der Waals surface area contributed by atoms with Crippen LogP contribution in [0.25, 0.3) is 0 Å². The number of hydrogen-bond donors (Lipinski definition) is 2. The minimum Gasteiger partial charge on any atom is -0.386 e. The molecule has 8 rings (SSSR count). The van der Waals surface area contributed by atoms with E-state index in [1.807, 2.05) is 189 Å². The van der Waals surface area contributed by atoms with Gasteiger partial charge in [0.25, 0.3) is 5.56 Å². The Balaban J connectivity index is 1.31. The summed E-state index contributed by atoms with van der Waals surface area (Å²) in [6.07, 6.45) is -2.77. The summed E-state index contributed by atoms with van der Waals surface area (Å²) in [5, 5.41) is 12.6. The predicted molar refractivity (Wildman–Crippen MR) is 220 cm³/mol. The molecular weight excluding hydrogens is 713 g/mol. The average Bonchev–Trinajstić information content (AvgIpc) is 3.58. The maximum atomic E-state index is 13.5. The third kappa shape index (κ3) is 7.09. The van der Waals surface area contributed by atoms with E-state index in [4.69, 9.17) is 14.2 Å². The number of rotatable bonds is 13. The first-order chi connectivity index (χ1) is 28.0. The SMILES string of the molecule is CCc1cn([C@@H]2O[C@H](COC(c3ccccc3)(c3ccccc3)c3ccccc3)[C@@H](OC(c3ccccc3)(c3ccccc3)c3ccccc3)[C@H]2O)c(=O)[nH]c1=O. The van der Waals surface area contributed by atoms with Gasteiger partial charge in [-0.05, 0) is 39.8 Å². The number of aliphatic hydroxyl groups is 1. The largest absolute Gasteiger partial charge is 0.386 e. The van der Waals surface area contributed by atoms with Gasteiger partial charge in [-0.15, -0.1) is 0 Å². The Hall–Kier alpha value is -6.16. The molecule has 1 aliphatic heterocycles. The molecule has 0 bridgehead atoms. The first kappa shape index (κ1) is 37.7. The predicted octanol–water partition coefficient (Wildman–Crippen LogP) is 7.74. The molecule has 0 aliphatic carbocycles. The van der Waals surface area contributed by atoms with Crippen LogP contribution in [0.2, 0.25) is 0 Å². The number of H-pyrrole nitrogens is 1. The van der Waals surface area contributed by atoms with E-state index in [2.05, 4.69) is 4.98 Å². The molecule has 2 N–H and O–H groups in total. The van der Waals surface area contributed by atoms with Gasteiger partial charge < -0.3 is 19.3 Å². The summed E-state index contributed by atoms with van der Waals surface area (Å²) in [5.41, 5.74) is 2.03. The Bertz CT molecular complexity index is 2280. The molecule has 8 heteroatoms. The van der Waals surface area contributed by atoms with Crippen molar-refractivity contribution in [3.05, 3.63) is 248 Å². The molecule has 0 saturated carbocycles. The molecule has 286 valence electrons.